The van der Waals surface area contributed by atoms with Crippen molar-refractivity contribution in [1.29, 1.82) is 0 Å². The number of amides is 1. The summed E-state index contributed by atoms with van der Waals surface area (Å²) in [4.78, 5) is 12.4. The lowest BCUT2D eigenvalue weighted by Gasteiger charge is -2.32. The average Bonchev–Trinajstić information content (AvgIpc) is 2.68. The van der Waals surface area contributed by atoms with Crippen molar-refractivity contribution in [3.05, 3.63) is 36.4 Å². The molecule has 8 heteroatoms. The van der Waals surface area contributed by atoms with Crippen LogP contribution in [0, 0.1) is 11.8 Å². The van der Waals surface area contributed by atoms with Gasteiger partial charge < -0.3 is 4.74 Å². The largest absolute Gasteiger partial charge is 0.495 e. The first-order valence-corrected chi connectivity index (χ1v) is 11.1. The Hall–Kier alpha value is -2.16. The average molecular weight is 423 g/mol. The van der Waals surface area contributed by atoms with Gasteiger partial charge in [0.15, 0.2) is 0 Å². The fraction of sp³-hybridized carbons (Fsp3) is 0.476. The number of rotatable bonds is 9. The van der Waals surface area contributed by atoms with E-state index in [9.17, 15) is 18.4 Å². The van der Waals surface area contributed by atoms with Crippen LogP contribution < -0.4 is 10.2 Å². The van der Waals surface area contributed by atoms with Gasteiger partial charge in [-0.05, 0) is 29.7 Å². The zero-order valence-corrected chi connectivity index (χ0v) is 18.4. The van der Waals surface area contributed by atoms with Crippen LogP contribution in [0.1, 0.15) is 34.1 Å². The van der Waals surface area contributed by atoms with Crippen molar-refractivity contribution in [3.8, 4) is 5.75 Å². The highest BCUT2D eigenvalue weighted by Crippen LogP contribution is 2.35. The molecular weight excluding hydrogens is 392 g/mol. The molecule has 29 heavy (non-hydrogen) atoms. The molecule has 160 valence electrons. The summed E-state index contributed by atoms with van der Waals surface area (Å²) in [7, 11) is -2.66. The van der Waals surface area contributed by atoms with Gasteiger partial charge in [0.05, 0.1) is 7.11 Å². The summed E-state index contributed by atoms with van der Waals surface area (Å²) >= 11 is 0. The van der Waals surface area contributed by atoms with E-state index in [1.807, 2.05) is 32.0 Å². The van der Waals surface area contributed by atoms with E-state index in [2.05, 4.69) is 0 Å². The SMILES string of the molecule is COc1c(S(=O)(=O)N(CCC(C)C)[C@@H](C(=O)NO)C(C)C)ccc2ccccc12. The summed E-state index contributed by atoms with van der Waals surface area (Å²) in [6.07, 6.45) is 0.567. The molecular formula is C21H30N2O5S. The van der Waals surface area contributed by atoms with Crippen molar-refractivity contribution < 1.29 is 23.2 Å². The topological polar surface area (TPSA) is 95.9 Å². The van der Waals surface area contributed by atoms with Crippen LogP contribution in [-0.2, 0) is 14.8 Å². The lowest BCUT2D eigenvalue weighted by molar-refractivity contribution is -0.134. The molecule has 0 unspecified atom stereocenters. The maximum Gasteiger partial charge on any atom is 0.262 e. The summed E-state index contributed by atoms with van der Waals surface area (Å²) in [6.45, 7) is 7.60. The minimum Gasteiger partial charge on any atom is -0.495 e. The van der Waals surface area contributed by atoms with Gasteiger partial charge in [0, 0.05) is 11.9 Å². The molecule has 0 aromatic heterocycles. The van der Waals surface area contributed by atoms with Crippen LogP contribution in [-0.4, -0.2) is 43.5 Å². The molecule has 2 aromatic carbocycles. The number of hydrogen-bond donors (Lipinski definition) is 2. The maximum absolute atomic E-state index is 13.7. The van der Waals surface area contributed by atoms with Crippen molar-refractivity contribution >= 4 is 26.7 Å². The minimum atomic E-state index is -4.09. The van der Waals surface area contributed by atoms with Crippen LogP contribution in [0.25, 0.3) is 10.8 Å². The summed E-state index contributed by atoms with van der Waals surface area (Å²) in [5, 5.41) is 10.7. The number of benzene rings is 2. The van der Waals surface area contributed by atoms with Gasteiger partial charge in [0.2, 0.25) is 10.0 Å². The molecule has 0 aliphatic heterocycles. The number of methoxy groups -OCH3 is 1. The number of carbonyl (C=O) groups excluding carboxylic acids is 1. The van der Waals surface area contributed by atoms with E-state index in [0.717, 1.165) is 5.39 Å². The van der Waals surface area contributed by atoms with E-state index in [1.165, 1.54) is 17.5 Å². The smallest absolute Gasteiger partial charge is 0.262 e. The Bertz CT molecular complexity index is 957. The fourth-order valence-electron chi connectivity index (χ4n) is 3.39. The van der Waals surface area contributed by atoms with Gasteiger partial charge in [0.1, 0.15) is 16.7 Å². The molecule has 0 aliphatic rings. The molecule has 0 radical (unpaired) electrons. The van der Waals surface area contributed by atoms with Gasteiger partial charge in [-0.25, -0.2) is 13.9 Å². The number of carbonyl (C=O) groups is 1. The molecule has 1 atom stereocenters. The van der Waals surface area contributed by atoms with Gasteiger partial charge in [0.25, 0.3) is 5.91 Å². The second kappa shape index (κ2) is 9.56. The number of ether oxygens (including phenoxy) is 1. The molecule has 7 nitrogen and oxygen atoms in total. The van der Waals surface area contributed by atoms with Crippen LogP contribution in [0.4, 0.5) is 0 Å². The first-order valence-electron chi connectivity index (χ1n) is 9.66. The first kappa shape index (κ1) is 23.1. The summed E-state index contributed by atoms with van der Waals surface area (Å²) < 4.78 is 34.1. The molecule has 1 amide bonds. The highest BCUT2D eigenvalue weighted by molar-refractivity contribution is 7.89. The summed E-state index contributed by atoms with van der Waals surface area (Å²) in [5.74, 6) is -0.636. The molecule has 2 N–H and O–H groups in total. The van der Waals surface area contributed by atoms with Crippen LogP contribution in [0.15, 0.2) is 41.3 Å². The molecule has 2 rings (SSSR count). The van der Waals surface area contributed by atoms with Crippen molar-refractivity contribution in [2.45, 2.75) is 45.1 Å². The second-order valence-electron chi connectivity index (χ2n) is 7.78. The number of hydrogen-bond acceptors (Lipinski definition) is 5. The van der Waals surface area contributed by atoms with Crippen molar-refractivity contribution in [1.82, 2.24) is 9.79 Å². The summed E-state index contributed by atoms with van der Waals surface area (Å²) in [6, 6.07) is 9.53. The Kier molecular flexibility index (Phi) is 7.62. The Labute approximate surface area is 172 Å². The predicted octanol–water partition coefficient (Wildman–Crippen LogP) is 3.42. The second-order valence-corrected chi connectivity index (χ2v) is 9.64. The third-order valence-corrected chi connectivity index (χ3v) is 6.79. The lowest BCUT2D eigenvalue weighted by atomic mass is 10.0. The van der Waals surface area contributed by atoms with Crippen molar-refractivity contribution in [3.63, 3.8) is 0 Å². The zero-order valence-electron chi connectivity index (χ0n) is 17.5. The van der Waals surface area contributed by atoms with E-state index >= 15 is 0 Å². The van der Waals surface area contributed by atoms with E-state index in [0.29, 0.717) is 11.8 Å². The zero-order chi connectivity index (χ0) is 21.8. The van der Waals surface area contributed by atoms with Gasteiger partial charge in [-0.15, -0.1) is 0 Å². The highest BCUT2D eigenvalue weighted by Gasteiger charge is 2.39. The van der Waals surface area contributed by atoms with E-state index in [4.69, 9.17) is 4.74 Å². The Balaban J connectivity index is 2.68. The molecule has 0 spiro atoms. The number of nitrogens with zero attached hydrogens (tertiary/aromatic N) is 1. The first-order chi connectivity index (χ1) is 13.6. The molecule has 0 fully saturated rings. The third kappa shape index (κ3) is 4.88. The quantitative estimate of drug-likeness (QED) is 0.477. The number of sulfonamides is 1. The predicted molar refractivity (Wildman–Crippen MR) is 112 cm³/mol. The lowest BCUT2D eigenvalue weighted by Crippen LogP contribution is -2.52. The Morgan fingerprint density at radius 2 is 1.79 bits per heavy atom. The molecule has 0 aliphatic carbocycles. The van der Waals surface area contributed by atoms with Gasteiger partial charge in [-0.2, -0.15) is 4.31 Å². The molecule has 2 aromatic rings. The van der Waals surface area contributed by atoms with Crippen LogP contribution in [0.5, 0.6) is 5.75 Å². The van der Waals surface area contributed by atoms with E-state index < -0.39 is 22.0 Å². The number of fused-ring (bicyclic) bond motifs is 1. The monoisotopic (exact) mass is 422 g/mol. The van der Waals surface area contributed by atoms with Crippen molar-refractivity contribution in [2.75, 3.05) is 13.7 Å². The van der Waals surface area contributed by atoms with E-state index in [1.54, 1.807) is 31.5 Å². The highest BCUT2D eigenvalue weighted by atomic mass is 32.2. The Morgan fingerprint density at radius 1 is 1.14 bits per heavy atom. The molecule has 0 bridgehead atoms. The molecule has 0 heterocycles. The number of nitrogens with one attached hydrogen (secondary N) is 1. The molecule has 0 saturated heterocycles. The Morgan fingerprint density at radius 3 is 2.34 bits per heavy atom. The van der Waals surface area contributed by atoms with Crippen LogP contribution in [0.2, 0.25) is 0 Å². The van der Waals surface area contributed by atoms with E-state index in [-0.39, 0.29) is 29.0 Å². The summed E-state index contributed by atoms with van der Waals surface area (Å²) in [5.41, 5.74) is 1.62. The third-order valence-electron chi connectivity index (χ3n) is 4.88. The normalized spacial score (nSPS) is 13.3. The standard InChI is InChI=1S/C21H30N2O5S/c1-14(2)12-13-23(19(15(3)4)21(24)22-25)29(26,27)18-11-10-16-8-6-7-9-17(16)20(18)28-5/h6-11,14-15,19,25H,12-13H2,1-5H3,(H,22,24)/t19-/m1/s1. The van der Waals surface area contributed by atoms with Crippen LogP contribution in [0.3, 0.4) is 0 Å². The minimum absolute atomic E-state index is 0.00107. The van der Waals surface area contributed by atoms with Crippen molar-refractivity contribution in [2.24, 2.45) is 11.8 Å². The number of hydroxylamine groups is 1. The maximum atomic E-state index is 13.7. The molecule has 0 saturated carbocycles. The van der Waals surface area contributed by atoms with Crippen LogP contribution >= 0.6 is 0 Å². The van der Waals surface area contributed by atoms with Gasteiger partial charge >= 0.3 is 0 Å². The fourth-order valence-corrected chi connectivity index (χ4v) is 5.29. The van der Waals surface area contributed by atoms with Gasteiger partial charge in [-0.3, -0.25) is 10.0 Å². The van der Waals surface area contributed by atoms with Gasteiger partial charge in [-0.1, -0.05) is 58.0 Å².